The van der Waals surface area contributed by atoms with Crippen molar-refractivity contribution in [2.75, 3.05) is 12.4 Å². The van der Waals surface area contributed by atoms with Crippen LogP contribution in [-0.2, 0) is 9.53 Å². The number of nitrogens with one attached hydrogen (secondary N) is 1. The summed E-state index contributed by atoms with van der Waals surface area (Å²) in [6.07, 6.45) is 0.926. The fraction of sp³-hybridized carbons (Fsp3) is 0.800. The first-order valence-corrected chi connectivity index (χ1v) is 10.2. The van der Waals surface area contributed by atoms with Crippen LogP contribution in [0.4, 0.5) is 4.79 Å². The molecule has 6 heteroatoms. The number of carbonyl (C=O) groups is 2. The Morgan fingerprint density at radius 2 is 2.25 bits per heavy atom. The molecule has 0 aromatic rings. The van der Waals surface area contributed by atoms with E-state index in [4.69, 9.17) is 4.74 Å². The van der Waals surface area contributed by atoms with Crippen LogP contribution in [0.3, 0.4) is 0 Å². The molecular formula is C10H19NO3SSi. The maximum atomic E-state index is 11.5. The topological polar surface area (TPSA) is 55.4 Å². The van der Waals surface area contributed by atoms with E-state index in [9.17, 15) is 9.59 Å². The molecule has 1 rings (SSSR count). The van der Waals surface area contributed by atoms with Gasteiger partial charge in [0.15, 0.2) is 0 Å². The highest BCUT2D eigenvalue weighted by molar-refractivity contribution is 8.14. The molecular weight excluding hydrogens is 242 g/mol. The van der Waals surface area contributed by atoms with Gasteiger partial charge in [-0.2, -0.15) is 0 Å². The summed E-state index contributed by atoms with van der Waals surface area (Å²) in [7, 11) is -1.04. The Morgan fingerprint density at radius 1 is 1.56 bits per heavy atom. The third-order valence-corrected chi connectivity index (χ3v) is 5.01. The predicted molar refractivity (Wildman–Crippen MR) is 68.5 cm³/mol. The molecule has 0 aliphatic carbocycles. The monoisotopic (exact) mass is 261 g/mol. The molecule has 1 atom stereocenters. The average Bonchev–Trinajstić information content (AvgIpc) is 2.57. The summed E-state index contributed by atoms with van der Waals surface area (Å²) >= 11 is 1.13. The number of rotatable bonds is 5. The van der Waals surface area contributed by atoms with E-state index in [1.54, 1.807) is 0 Å². The van der Waals surface area contributed by atoms with Gasteiger partial charge in [-0.1, -0.05) is 37.4 Å². The lowest BCUT2D eigenvalue weighted by Gasteiger charge is -2.15. The van der Waals surface area contributed by atoms with Crippen LogP contribution in [0.15, 0.2) is 0 Å². The van der Waals surface area contributed by atoms with Crippen LogP contribution in [0.5, 0.6) is 0 Å². The first-order chi connectivity index (χ1) is 7.38. The van der Waals surface area contributed by atoms with Crippen molar-refractivity contribution >= 4 is 31.0 Å². The molecule has 16 heavy (non-hydrogen) atoms. The van der Waals surface area contributed by atoms with E-state index >= 15 is 0 Å². The smallest absolute Gasteiger partial charge is 0.329 e. The van der Waals surface area contributed by atoms with E-state index in [-0.39, 0.29) is 11.2 Å². The minimum Gasteiger partial charge on any atom is -0.464 e. The van der Waals surface area contributed by atoms with Gasteiger partial charge in [0.2, 0.25) is 0 Å². The summed E-state index contributed by atoms with van der Waals surface area (Å²) in [5, 5.41) is 2.43. The zero-order valence-corrected chi connectivity index (χ0v) is 11.9. The Balaban J connectivity index is 2.14. The molecule has 4 nitrogen and oxygen atoms in total. The molecule has 92 valence electrons. The quantitative estimate of drug-likeness (QED) is 0.468. The van der Waals surface area contributed by atoms with Crippen LogP contribution in [0, 0.1) is 0 Å². The Labute approximate surface area is 102 Å². The maximum absolute atomic E-state index is 11.5. The highest BCUT2D eigenvalue weighted by atomic mass is 32.2. The van der Waals surface area contributed by atoms with Crippen molar-refractivity contribution in [3.8, 4) is 0 Å². The third-order valence-electron chi connectivity index (χ3n) is 2.27. The molecule has 1 N–H and O–H groups in total. The van der Waals surface area contributed by atoms with Gasteiger partial charge in [-0.15, -0.1) is 0 Å². The van der Waals surface area contributed by atoms with Crippen LogP contribution in [-0.4, -0.2) is 37.7 Å². The fourth-order valence-electron chi connectivity index (χ4n) is 1.39. The van der Waals surface area contributed by atoms with E-state index in [1.165, 1.54) is 0 Å². The molecule has 0 saturated carbocycles. The van der Waals surface area contributed by atoms with Gasteiger partial charge in [0.25, 0.3) is 5.24 Å². The first kappa shape index (κ1) is 13.6. The van der Waals surface area contributed by atoms with E-state index in [0.29, 0.717) is 12.4 Å². The highest BCUT2D eigenvalue weighted by Crippen LogP contribution is 2.15. The lowest BCUT2D eigenvalue weighted by molar-refractivity contribution is -0.145. The largest absolute Gasteiger partial charge is 0.464 e. The second kappa shape index (κ2) is 5.72. The Hall–Kier alpha value is -0.493. The number of thioether (sulfide) groups is 1. The second-order valence-electron chi connectivity index (χ2n) is 5.13. The summed E-state index contributed by atoms with van der Waals surface area (Å²) in [6, 6.07) is 0.718. The molecule has 0 aromatic carbocycles. The summed E-state index contributed by atoms with van der Waals surface area (Å²) in [5.41, 5.74) is 0. The van der Waals surface area contributed by atoms with Crippen LogP contribution in [0.2, 0.25) is 25.7 Å². The third kappa shape index (κ3) is 5.02. The van der Waals surface area contributed by atoms with Crippen LogP contribution in [0.25, 0.3) is 0 Å². The van der Waals surface area contributed by atoms with Gasteiger partial charge in [0.1, 0.15) is 6.04 Å². The van der Waals surface area contributed by atoms with Crippen molar-refractivity contribution < 1.29 is 14.3 Å². The molecule has 1 fully saturated rings. The number of hydrogen-bond acceptors (Lipinski definition) is 4. The van der Waals surface area contributed by atoms with Gasteiger partial charge in [-0.05, 0) is 6.42 Å². The average molecular weight is 261 g/mol. The standard InChI is InChI=1S/C10H19NO3SSi/c1-16(2,3)6-4-5-14-9(12)8-7-15-10(13)11-8/h8H,4-7H2,1-3H3,(H,11,13)/t8-/m0/s1. The van der Waals surface area contributed by atoms with Crippen LogP contribution in [0.1, 0.15) is 6.42 Å². The fourth-order valence-corrected chi connectivity index (χ4v) is 3.36. The maximum Gasteiger partial charge on any atom is 0.329 e. The zero-order valence-electron chi connectivity index (χ0n) is 10.0. The highest BCUT2D eigenvalue weighted by Gasteiger charge is 2.29. The van der Waals surface area contributed by atoms with E-state index in [0.717, 1.165) is 24.2 Å². The van der Waals surface area contributed by atoms with Gasteiger partial charge >= 0.3 is 5.97 Å². The Morgan fingerprint density at radius 3 is 2.75 bits per heavy atom. The molecule has 1 amide bonds. The minimum atomic E-state index is -1.04. The Kier molecular flexibility index (Phi) is 4.85. The van der Waals surface area contributed by atoms with E-state index in [2.05, 4.69) is 25.0 Å². The molecule has 0 spiro atoms. The number of esters is 1. The second-order valence-corrected chi connectivity index (χ2v) is 11.7. The molecule has 1 aliphatic heterocycles. The molecule has 0 unspecified atom stereocenters. The first-order valence-electron chi connectivity index (χ1n) is 5.48. The molecule has 1 aliphatic rings. The molecule has 0 bridgehead atoms. The zero-order chi connectivity index (χ0) is 12.2. The van der Waals surface area contributed by atoms with Gasteiger partial charge < -0.3 is 10.1 Å². The number of amides is 1. The lowest BCUT2D eigenvalue weighted by atomic mass is 10.3. The van der Waals surface area contributed by atoms with E-state index < -0.39 is 14.1 Å². The normalized spacial score (nSPS) is 20.7. The van der Waals surface area contributed by atoms with Gasteiger partial charge in [0, 0.05) is 13.8 Å². The summed E-state index contributed by atoms with van der Waals surface area (Å²) < 4.78 is 5.12. The molecule has 0 aromatic heterocycles. The van der Waals surface area contributed by atoms with Crippen molar-refractivity contribution in [2.24, 2.45) is 0 Å². The summed E-state index contributed by atoms with van der Waals surface area (Å²) in [5.74, 6) is 0.194. The van der Waals surface area contributed by atoms with E-state index in [1.807, 2.05) is 0 Å². The molecule has 0 radical (unpaired) electrons. The van der Waals surface area contributed by atoms with Crippen molar-refractivity contribution in [3.63, 3.8) is 0 Å². The van der Waals surface area contributed by atoms with Crippen molar-refractivity contribution in [3.05, 3.63) is 0 Å². The lowest BCUT2D eigenvalue weighted by Crippen LogP contribution is -2.36. The van der Waals surface area contributed by atoms with Crippen molar-refractivity contribution in [1.82, 2.24) is 5.32 Å². The number of ether oxygens (including phenoxy) is 1. The van der Waals surface area contributed by atoms with Gasteiger partial charge in [0.05, 0.1) is 6.61 Å². The molecule has 1 saturated heterocycles. The molecule has 1 heterocycles. The van der Waals surface area contributed by atoms with Crippen molar-refractivity contribution in [1.29, 1.82) is 0 Å². The summed E-state index contributed by atoms with van der Waals surface area (Å²) in [6.45, 7) is 7.36. The van der Waals surface area contributed by atoms with Gasteiger partial charge in [-0.3, -0.25) is 4.79 Å². The van der Waals surface area contributed by atoms with Crippen LogP contribution >= 0.6 is 11.8 Å². The summed E-state index contributed by atoms with van der Waals surface area (Å²) in [4.78, 5) is 22.3. The number of hydrogen-bond donors (Lipinski definition) is 1. The Bertz CT molecular complexity index is 278. The van der Waals surface area contributed by atoms with Crippen molar-refractivity contribution in [2.45, 2.75) is 38.1 Å². The minimum absolute atomic E-state index is 0.135. The van der Waals surface area contributed by atoms with Crippen LogP contribution < -0.4 is 5.32 Å². The number of carbonyl (C=O) groups excluding carboxylic acids is 2. The van der Waals surface area contributed by atoms with Gasteiger partial charge in [-0.25, -0.2) is 4.79 Å². The SMILES string of the molecule is C[Si](C)(C)CCCOC(=O)[C@@H]1CSC(=O)N1. The predicted octanol–water partition coefficient (Wildman–Crippen LogP) is 2.08.